The number of fused-ring (bicyclic) bond motifs is 5. The third kappa shape index (κ3) is 3.66. The van der Waals surface area contributed by atoms with E-state index in [1.165, 1.54) is 6.92 Å². The fraction of sp³-hybridized carbons (Fsp3) is 0.714. The van der Waals surface area contributed by atoms with Crippen molar-refractivity contribution in [1.29, 1.82) is 0 Å². The molecule has 34 heavy (non-hydrogen) atoms. The Bertz CT molecular complexity index is 951. The van der Waals surface area contributed by atoms with Crippen molar-refractivity contribution in [3.63, 3.8) is 0 Å². The molecule has 0 radical (unpaired) electrons. The van der Waals surface area contributed by atoms with Crippen LogP contribution < -0.4 is 0 Å². The summed E-state index contributed by atoms with van der Waals surface area (Å²) in [6, 6.07) is 9.29. The van der Waals surface area contributed by atoms with Gasteiger partial charge in [-0.2, -0.15) is 0 Å². The topological polar surface area (TPSA) is 72.8 Å². The Hall–Kier alpha value is -1.40. The van der Waals surface area contributed by atoms with E-state index >= 15 is 0 Å². The Kier molecular flexibility index (Phi) is 6.16. The van der Waals surface area contributed by atoms with E-state index in [9.17, 15) is 14.7 Å². The Balaban J connectivity index is 1.36. The fourth-order valence-corrected chi connectivity index (χ4v) is 9.59. The lowest BCUT2D eigenvalue weighted by molar-refractivity contribution is -0.220. The van der Waals surface area contributed by atoms with Crippen LogP contribution in [0.3, 0.4) is 0 Å². The average molecular weight is 534 g/mol. The molecule has 4 aliphatic carbocycles. The first-order valence-corrected chi connectivity index (χ1v) is 13.8. The molecule has 0 unspecified atom stereocenters. The highest BCUT2D eigenvalue weighted by Gasteiger charge is 2.67. The third-order valence-corrected chi connectivity index (χ3v) is 11.4. The van der Waals surface area contributed by atoms with E-state index in [0.717, 1.165) is 44.9 Å². The number of carbonyl (C=O) groups is 2. The van der Waals surface area contributed by atoms with Gasteiger partial charge in [0.05, 0.1) is 11.2 Å². The van der Waals surface area contributed by atoms with Gasteiger partial charge < -0.3 is 14.6 Å². The number of hydrogen-bond donors (Lipinski definition) is 1. The van der Waals surface area contributed by atoms with E-state index in [-0.39, 0.29) is 39.8 Å². The van der Waals surface area contributed by atoms with Gasteiger partial charge in [0.1, 0.15) is 12.2 Å². The van der Waals surface area contributed by atoms with Gasteiger partial charge in [0, 0.05) is 29.0 Å². The molecule has 0 spiro atoms. The number of aliphatic hydroxyl groups is 1. The highest BCUT2D eigenvalue weighted by molar-refractivity contribution is 9.09. The van der Waals surface area contributed by atoms with Crippen molar-refractivity contribution in [3.05, 3.63) is 35.9 Å². The highest BCUT2D eigenvalue weighted by Crippen LogP contribution is 2.68. The van der Waals surface area contributed by atoms with Gasteiger partial charge in [0.2, 0.25) is 0 Å². The van der Waals surface area contributed by atoms with Gasteiger partial charge in [-0.1, -0.05) is 48.0 Å². The van der Waals surface area contributed by atoms with E-state index < -0.39 is 5.60 Å². The molecule has 6 heteroatoms. The van der Waals surface area contributed by atoms with Gasteiger partial charge >= 0.3 is 11.9 Å². The van der Waals surface area contributed by atoms with Gasteiger partial charge in [-0.15, -0.1) is 0 Å². The summed E-state index contributed by atoms with van der Waals surface area (Å²) < 4.78 is 11.7. The Morgan fingerprint density at radius 2 is 1.74 bits per heavy atom. The maximum atomic E-state index is 12.8. The Morgan fingerprint density at radius 1 is 1.00 bits per heavy atom. The van der Waals surface area contributed by atoms with Crippen molar-refractivity contribution < 1.29 is 24.2 Å². The number of carbonyl (C=O) groups excluding carboxylic acids is 2. The Morgan fingerprint density at radius 3 is 2.44 bits per heavy atom. The van der Waals surface area contributed by atoms with Crippen LogP contribution in [0.2, 0.25) is 0 Å². The fourth-order valence-electron chi connectivity index (χ4n) is 8.45. The monoisotopic (exact) mass is 532 g/mol. The predicted molar refractivity (Wildman–Crippen MR) is 132 cm³/mol. The molecule has 4 fully saturated rings. The van der Waals surface area contributed by atoms with Crippen molar-refractivity contribution >= 4 is 27.9 Å². The van der Waals surface area contributed by atoms with Crippen molar-refractivity contribution in [1.82, 2.24) is 0 Å². The van der Waals surface area contributed by atoms with Crippen LogP contribution in [0, 0.1) is 28.6 Å². The molecule has 0 saturated heterocycles. The second-order valence-electron chi connectivity index (χ2n) is 11.8. The molecule has 0 aromatic heterocycles. The van der Waals surface area contributed by atoms with Crippen LogP contribution in [-0.4, -0.2) is 39.7 Å². The van der Waals surface area contributed by atoms with E-state index in [4.69, 9.17) is 9.47 Å². The van der Waals surface area contributed by atoms with Crippen LogP contribution in [-0.2, 0) is 14.3 Å². The summed E-state index contributed by atoms with van der Waals surface area (Å²) in [5.41, 5.74) is -0.526. The molecule has 5 rings (SSSR count). The molecule has 4 saturated carbocycles. The van der Waals surface area contributed by atoms with Gasteiger partial charge in [-0.05, 0) is 74.8 Å². The second kappa shape index (κ2) is 8.62. The maximum Gasteiger partial charge on any atom is 0.338 e. The molecule has 0 amide bonds. The predicted octanol–water partition coefficient (Wildman–Crippen LogP) is 5.67. The minimum atomic E-state index is -0.891. The lowest BCUT2D eigenvalue weighted by Gasteiger charge is -2.65. The number of alkyl halides is 1. The summed E-state index contributed by atoms with van der Waals surface area (Å²) in [6.07, 6.45) is 6.82. The maximum absolute atomic E-state index is 12.8. The molecule has 0 aliphatic heterocycles. The molecule has 1 aromatic rings. The van der Waals surface area contributed by atoms with Gasteiger partial charge in [0.25, 0.3) is 0 Å². The van der Waals surface area contributed by atoms with E-state index in [1.54, 1.807) is 0 Å². The first kappa shape index (κ1) is 24.3. The van der Waals surface area contributed by atoms with Crippen LogP contribution in [0.4, 0.5) is 0 Å². The van der Waals surface area contributed by atoms with E-state index in [1.807, 2.05) is 30.3 Å². The minimum Gasteiger partial charge on any atom is -0.462 e. The Labute approximate surface area is 211 Å². The van der Waals surface area contributed by atoms with Crippen LogP contribution in [0.15, 0.2) is 30.3 Å². The molecule has 0 heterocycles. The van der Waals surface area contributed by atoms with Crippen molar-refractivity contribution in [2.45, 2.75) is 94.8 Å². The molecule has 1 aromatic carbocycles. The minimum absolute atomic E-state index is 0.0287. The molecular weight excluding hydrogens is 496 g/mol. The number of halogens is 1. The summed E-state index contributed by atoms with van der Waals surface area (Å²) in [6.45, 7) is 6.05. The molecular formula is C28H37BrO5. The zero-order chi connectivity index (χ0) is 24.3. The number of hydrogen-bond acceptors (Lipinski definition) is 5. The van der Waals surface area contributed by atoms with Gasteiger partial charge in [0.15, 0.2) is 0 Å². The van der Waals surface area contributed by atoms with Crippen LogP contribution in [0.5, 0.6) is 0 Å². The molecule has 4 aliphatic rings. The highest BCUT2D eigenvalue weighted by atomic mass is 79.9. The molecule has 0 bridgehead atoms. The molecule has 9 atom stereocenters. The van der Waals surface area contributed by atoms with Crippen molar-refractivity contribution in [3.8, 4) is 0 Å². The number of rotatable bonds is 3. The van der Waals surface area contributed by atoms with Crippen LogP contribution in [0.1, 0.15) is 82.5 Å². The normalized spacial score (nSPS) is 45.4. The second-order valence-corrected chi connectivity index (χ2v) is 12.9. The standard InChI is InChI=1S/C28H37BrO5/c1-17(30)33-19-11-14-27(3)22-12-13-26(2)21(20(22)15-23(29)28(27,32)16-19)9-10-24(26)34-25(31)18-7-5-4-6-8-18/h4-8,19-24,32H,9-16H2,1-3H3/t19-,20+,21+,22+,23-,24+,26+,27-,28-/m1/s1. The summed E-state index contributed by atoms with van der Waals surface area (Å²) in [5.74, 6) is 0.895. The first-order chi connectivity index (χ1) is 16.1. The van der Waals surface area contributed by atoms with Crippen LogP contribution >= 0.6 is 15.9 Å². The van der Waals surface area contributed by atoms with Crippen molar-refractivity contribution in [2.75, 3.05) is 0 Å². The summed E-state index contributed by atoms with van der Waals surface area (Å²) in [4.78, 5) is 24.4. The SMILES string of the molecule is CC(=O)O[C@@H]1CC[C@]2(C)[C@H]3CC[C@]4(C)[C@@H](OC(=O)c5ccccc5)CC[C@H]4[C@@H]3C[C@@H](Br)[C@]2(O)C1. The molecule has 5 nitrogen and oxygen atoms in total. The first-order valence-electron chi connectivity index (χ1n) is 12.9. The van der Waals surface area contributed by atoms with E-state index in [2.05, 4.69) is 29.8 Å². The smallest absolute Gasteiger partial charge is 0.338 e. The molecule has 186 valence electrons. The number of benzene rings is 1. The average Bonchev–Trinajstić information content (AvgIpc) is 3.12. The van der Waals surface area contributed by atoms with Crippen LogP contribution in [0.25, 0.3) is 0 Å². The number of ether oxygens (including phenoxy) is 2. The summed E-state index contributed by atoms with van der Waals surface area (Å²) in [7, 11) is 0. The third-order valence-electron chi connectivity index (χ3n) is 10.3. The zero-order valence-corrected chi connectivity index (χ0v) is 22.1. The van der Waals surface area contributed by atoms with Gasteiger partial charge in [-0.3, -0.25) is 4.79 Å². The van der Waals surface area contributed by atoms with Crippen molar-refractivity contribution in [2.24, 2.45) is 28.6 Å². The lowest BCUT2D eigenvalue weighted by atomic mass is 9.43. The zero-order valence-electron chi connectivity index (χ0n) is 20.5. The van der Waals surface area contributed by atoms with Gasteiger partial charge in [-0.25, -0.2) is 4.79 Å². The quantitative estimate of drug-likeness (QED) is 0.400. The lowest BCUT2D eigenvalue weighted by Crippen LogP contribution is -2.67. The summed E-state index contributed by atoms with van der Waals surface area (Å²) in [5, 5.41) is 12.0. The van der Waals surface area contributed by atoms with E-state index in [0.29, 0.717) is 29.7 Å². The number of esters is 2. The molecule has 1 N–H and O–H groups in total. The summed E-state index contributed by atoms with van der Waals surface area (Å²) >= 11 is 3.90. The largest absolute Gasteiger partial charge is 0.462 e.